The summed E-state index contributed by atoms with van der Waals surface area (Å²) in [6.07, 6.45) is 4.92. The normalized spacial score (nSPS) is 27.0. The molecule has 7 heteroatoms. The van der Waals surface area contributed by atoms with Crippen molar-refractivity contribution in [2.24, 2.45) is 0 Å². The van der Waals surface area contributed by atoms with Gasteiger partial charge in [-0.15, -0.1) is 0 Å². The van der Waals surface area contributed by atoms with Crippen LogP contribution in [0.3, 0.4) is 0 Å². The fourth-order valence-electron chi connectivity index (χ4n) is 3.18. The predicted octanol–water partition coefficient (Wildman–Crippen LogP) is 1.75. The lowest BCUT2D eigenvalue weighted by Crippen LogP contribution is -2.47. The maximum Gasteiger partial charge on any atom is 0.240 e. The molecule has 1 N–H and O–H groups in total. The first kappa shape index (κ1) is 16.0. The van der Waals surface area contributed by atoms with Crippen LogP contribution in [-0.4, -0.2) is 47.1 Å². The van der Waals surface area contributed by atoms with Crippen molar-refractivity contribution in [2.75, 3.05) is 13.2 Å². The summed E-state index contributed by atoms with van der Waals surface area (Å²) in [5.74, 6) is 0.589. The number of hydrogen-bond donors (Lipinski definition) is 1. The van der Waals surface area contributed by atoms with E-state index < -0.39 is 0 Å². The number of rotatable bonds is 4. The van der Waals surface area contributed by atoms with E-state index in [0.717, 1.165) is 25.7 Å². The van der Waals surface area contributed by atoms with Crippen molar-refractivity contribution in [1.29, 1.82) is 5.26 Å². The molecule has 3 atom stereocenters. The molecule has 2 aliphatic heterocycles. The van der Waals surface area contributed by atoms with Gasteiger partial charge in [-0.05, 0) is 37.8 Å². The van der Waals surface area contributed by atoms with E-state index in [1.807, 2.05) is 0 Å². The number of nitrogens with one attached hydrogen (secondary N) is 1. The van der Waals surface area contributed by atoms with Gasteiger partial charge in [0, 0.05) is 18.8 Å². The minimum absolute atomic E-state index is 0.0379. The number of halogens is 1. The lowest BCUT2D eigenvalue weighted by Gasteiger charge is -2.24. The van der Waals surface area contributed by atoms with E-state index in [1.165, 1.54) is 0 Å². The minimum Gasteiger partial charge on any atom is -0.489 e. The second kappa shape index (κ2) is 7.16. The van der Waals surface area contributed by atoms with Crippen molar-refractivity contribution in [3.8, 4) is 11.8 Å². The maximum absolute atomic E-state index is 12.5. The second-order valence-electron chi connectivity index (χ2n) is 5.92. The number of carbonyl (C=O) groups is 1. The predicted molar refractivity (Wildman–Crippen MR) is 85.0 cm³/mol. The number of nitrogens with zero attached hydrogens (tertiary/aromatic N) is 3. The van der Waals surface area contributed by atoms with E-state index in [2.05, 4.69) is 16.4 Å². The first-order valence-corrected chi connectivity index (χ1v) is 8.26. The molecule has 1 amide bonds. The number of ether oxygens (including phenoxy) is 1. The highest BCUT2D eigenvalue weighted by molar-refractivity contribution is 6.30. The molecule has 1 aromatic rings. The molecule has 0 unspecified atom stereocenters. The Morgan fingerprint density at radius 2 is 2.39 bits per heavy atom. The van der Waals surface area contributed by atoms with E-state index >= 15 is 0 Å². The van der Waals surface area contributed by atoms with E-state index in [1.54, 1.807) is 23.2 Å². The molecule has 2 aliphatic rings. The van der Waals surface area contributed by atoms with Crippen LogP contribution in [0.15, 0.2) is 18.3 Å². The standard InChI is InChI=1S/C16H19ClN4O2/c17-15-14(4-1-7-19-15)23-10-11-5-6-13(20-11)16(22)21-8-2-3-12(21)9-18/h1,4,7,11-13,20H,2-3,5-6,8,10H2/t11-,12+,13+/m1/s1. The number of nitriles is 1. The summed E-state index contributed by atoms with van der Waals surface area (Å²) < 4.78 is 5.68. The van der Waals surface area contributed by atoms with Crippen LogP contribution in [0.1, 0.15) is 25.7 Å². The Morgan fingerprint density at radius 3 is 3.17 bits per heavy atom. The summed E-state index contributed by atoms with van der Waals surface area (Å²) in [6.45, 7) is 1.12. The van der Waals surface area contributed by atoms with Crippen molar-refractivity contribution in [2.45, 2.75) is 43.8 Å². The number of hydrogen-bond acceptors (Lipinski definition) is 5. The summed E-state index contributed by atoms with van der Waals surface area (Å²) in [6, 6.07) is 5.37. The summed E-state index contributed by atoms with van der Waals surface area (Å²) in [7, 11) is 0. The lowest BCUT2D eigenvalue weighted by atomic mass is 10.1. The average molecular weight is 335 g/mol. The van der Waals surface area contributed by atoms with Crippen LogP contribution in [-0.2, 0) is 4.79 Å². The second-order valence-corrected chi connectivity index (χ2v) is 6.27. The average Bonchev–Trinajstić information content (AvgIpc) is 3.22. The Labute approximate surface area is 140 Å². The Morgan fingerprint density at radius 1 is 1.52 bits per heavy atom. The Hall–Kier alpha value is -1.84. The fourth-order valence-corrected chi connectivity index (χ4v) is 3.35. The fraction of sp³-hybridized carbons (Fsp3) is 0.562. The number of carbonyl (C=O) groups excluding carboxylic acids is 1. The SMILES string of the molecule is N#C[C@@H]1CCCN1C(=O)[C@@H]1CC[C@H](COc2cccnc2Cl)N1. The van der Waals surface area contributed by atoms with Gasteiger partial charge in [0.05, 0.1) is 12.1 Å². The highest BCUT2D eigenvalue weighted by Gasteiger charge is 2.36. The number of likely N-dealkylation sites (tertiary alicyclic amines) is 1. The molecule has 2 saturated heterocycles. The highest BCUT2D eigenvalue weighted by Crippen LogP contribution is 2.24. The van der Waals surface area contributed by atoms with Gasteiger partial charge < -0.3 is 9.64 Å². The third kappa shape index (κ3) is 3.57. The molecule has 0 saturated carbocycles. The monoisotopic (exact) mass is 334 g/mol. The van der Waals surface area contributed by atoms with E-state index in [4.69, 9.17) is 21.6 Å². The van der Waals surface area contributed by atoms with Crippen LogP contribution in [0.25, 0.3) is 0 Å². The first-order valence-electron chi connectivity index (χ1n) is 7.88. The van der Waals surface area contributed by atoms with Crippen LogP contribution >= 0.6 is 11.6 Å². The zero-order chi connectivity index (χ0) is 16.2. The molecule has 0 radical (unpaired) electrons. The third-order valence-electron chi connectivity index (χ3n) is 4.39. The molecular weight excluding hydrogens is 316 g/mol. The molecular formula is C16H19ClN4O2. The van der Waals surface area contributed by atoms with Gasteiger partial charge in [0.2, 0.25) is 5.91 Å². The van der Waals surface area contributed by atoms with Crippen molar-refractivity contribution in [1.82, 2.24) is 15.2 Å². The molecule has 0 spiro atoms. The van der Waals surface area contributed by atoms with Crippen LogP contribution in [0.2, 0.25) is 5.15 Å². The molecule has 122 valence electrons. The van der Waals surface area contributed by atoms with E-state index in [9.17, 15) is 4.79 Å². The Balaban J connectivity index is 1.51. The molecule has 6 nitrogen and oxygen atoms in total. The molecule has 1 aromatic heterocycles. The van der Waals surface area contributed by atoms with Crippen LogP contribution in [0.5, 0.6) is 5.75 Å². The van der Waals surface area contributed by atoms with Crippen molar-refractivity contribution in [3.05, 3.63) is 23.5 Å². The molecule has 0 aliphatic carbocycles. The van der Waals surface area contributed by atoms with E-state index in [-0.39, 0.29) is 24.0 Å². The van der Waals surface area contributed by atoms with Crippen molar-refractivity contribution in [3.63, 3.8) is 0 Å². The molecule has 0 bridgehead atoms. The Kier molecular flexibility index (Phi) is 4.99. The minimum atomic E-state index is -0.270. The maximum atomic E-state index is 12.5. The molecule has 2 fully saturated rings. The smallest absolute Gasteiger partial charge is 0.240 e. The summed E-state index contributed by atoms with van der Waals surface area (Å²) in [5, 5.41) is 12.8. The molecule has 3 rings (SSSR count). The lowest BCUT2D eigenvalue weighted by molar-refractivity contribution is -0.133. The van der Waals surface area contributed by atoms with Crippen LogP contribution in [0, 0.1) is 11.3 Å². The molecule has 0 aromatic carbocycles. The molecule has 23 heavy (non-hydrogen) atoms. The van der Waals surface area contributed by atoms with Gasteiger partial charge in [-0.3, -0.25) is 10.1 Å². The van der Waals surface area contributed by atoms with E-state index in [0.29, 0.717) is 24.1 Å². The van der Waals surface area contributed by atoms with Crippen molar-refractivity contribution >= 4 is 17.5 Å². The van der Waals surface area contributed by atoms with Crippen molar-refractivity contribution < 1.29 is 9.53 Å². The van der Waals surface area contributed by atoms with Gasteiger partial charge in [-0.1, -0.05) is 11.6 Å². The third-order valence-corrected chi connectivity index (χ3v) is 4.67. The molecule has 3 heterocycles. The largest absolute Gasteiger partial charge is 0.489 e. The summed E-state index contributed by atoms with van der Waals surface area (Å²) in [5.41, 5.74) is 0. The first-order chi connectivity index (χ1) is 11.2. The quantitative estimate of drug-likeness (QED) is 0.849. The van der Waals surface area contributed by atoms with Gasteiger partial charge in [0.25, 0.3) is 0 Å². The van der Waals surface area contributed by atoms with Crippen LogP contribution < -0.4 is 10.1 Å². The zero-order valence-electron chi connectivity index (χ0n) is 12.7. The summed E-state index contributed by atoms with van der Waals surface area (Å²) >= 11 is 5.96. The number of pyridine rings is 1. The van der Waals surface area contributed by atoms with Crippen LogP contribution in [0.4, 0.5) is 0 Å². The Bertz CT molecular complexity index is 618. The van der Waals surface area contributed by atoms with Gasteiger partial charge in [-0.2, -0.15) is 5.26 Å². The van der Waals surface area contributed by atoms with Gasteiger partial charge in [0.15, 0.2) is 10.9 Å². The number of amides is 1. The summed E-state index contributed by atoms with van der Waals surface area (Å²) in [4.78, 5) is 18.2. The number of aromatic nitrogens is 1. The highest BCUT2D eigenvalue weighted by atomic mass is 35.5. The topological polar surface area (TPSA) is 78.2 Å². The van der Waals surface area contributed by atoms with Gasteiger partial charge in [0.1, 0.15) is 12.6 Å². The van der Waals surface area contributed by atoms with Gasteiger partial charge in [-0.25, -0.2) is 4.98 Å². The van der Waals surface area contributed by atoms with Gasteiger partial charge >= 0.3 is 0 Å². The zero-order valence-corrected chi connectivity index (χ0v) is 13.5.